The summed E-state index contributed by atoms with van der Waals surface area (Å²) in [4.78, 5) is 18.9. The molecule has 1 saturated heterocycles. The average molecular weight is 368 g/mol. The van der Waals surface area contributed by atoms with Gasteiger partial charge in [0.2, 0.25) is 5.91 Å². The number of rotatable bonds is 3. The van der Waals surface area contributed by atoms with Crippen molar-refractivity contribution in [3.8, 4) is 11.5 Å². The van der Waals surface area contributed by atoms with E-state index in [0.717, 1.165) is 22.4 Å². The summed E-state index contributed by atoms with van der Waals surface area (Å²) in [5, 5.41) is 4.78. The minimum Gasteiger partial charge on any atom is -0.334 e. The molecule has 0 spiro atoms. The van der Waals surface area contributed by atoms with E-state index in [1.807, 2.05) is 56.3 Å². The van der Waals surface area contributed by atoms with Gasteiger partial charge in [0.25, 0.3) is 5.89 Å². The lowest BCUT2D eigenvalue weighted by atomic mass is 10.1. The highest BCUT2D eigenvalue weighted by Crippen LogP contribution is 2.35. The number of anilines is 1. The normalized spacial score (nSPS) is 17.1. The van der Waals surface area contributed by atoms with Crippen LogP contribution in [0.4, 0.5) is 5.69 Å². The maximum absolute atomic E-state index is 12.5. The van der Waals surface area contributed by atoms with Gasteiger partial charge in [0.05, 0.1) is 0 Å². The fourth-order valence-corrected chi connectivity index (χ4v) is 3.49. The molecule has 1 aliphatic rings. The summed E-state index contributed by atoms with van der Waals surface area (Å²) in [6.45, 7) is 4.44. The van der Waals surface area contributed by atoms with E-state index in [-0.39, 0.29) is 11.8 Å². The Morgan fingerprint density at radius 2 is 1.96 bits per heavy atom. The minimum atomic E-state index is -0.0950. The first-order chi connectivity index (χ1) is 12.5. The van der Waals surface area contributed by atoms with Gasteiger partial charge in [-0.2, -0.15) is 4.98 Å². The third-order valence-electron chi connectivity index (χ3n) is 4.84. The summed E-state index contributed by atoms with van der Waals surface area (Å²) in [6, 6.07) is 13.5. The Hall–Kier alpha value is -2.66. The molecule has 1 aromatic heterocycles. The zero-order chi connectivity index (χ0) is 18.3. The van der Waals surface area contributed by atoms with E-state index in [0.29, 0.717) is 29.7 Å². The molecule has 132 valence electrons. The lowest BCUT2D eigenvalue weighted by Gasteiger charge is -2.19. The Morgan fingerprint density at radius 1 is 1.15 bits per heavy atom. The summed E-state index contributed by atoms with van der Waals surface area (Å²) in [7, 11) is 0. The number of benzene rings is 2. The smallest absolute Gasteiger partial charge is 0.258 e. The first-order valence-electron chi connectivity index (χ1n) is 8.49. The summed E-state index contributed by atoms with van der Waals surface area (Å²) >= 11 is 6.20. The number of aryl methyl sites for hydroxylation is 1. The van der Waals surface area contributed by atoms with E-state index in [1.165, 1.54) is 0 Å². The van der Waals surface area contributed by atoms with E-state index in [1.54, 1.807) is 4.90 Å². The van der Waals surface area contributed by atoms with Gasteiger partial charge in [-0.1, -0.05) is 41.0 Å². The van der Waals surface area contributed by atoms with Gasteiger partial charge in [-0.05, 0) is 43.2 Å². The Balaban J connectivity index is 1.60. The second-order valence-electron chi connectivity index (χ2n) is 6.56. The maximum Gasteiger partial charge on any atom is 0.258 e. The minimum absolute atomic E-state index is 0.0441. The van der Waals surface area contributed by atoms with Crippen molar-refractivity contribution in [1.29, 1.82) is 0 Å². The highest BCUT2D eigenvalue weighted by molar-refractivity contribution is 6.31. The molecule has 1 fully saturated rings. The van der Waals surface area contributed by atoms with Gasteiger partial charge >= 0.3 is 0 Å². The van der Waals surface area contributed by atoms with Crippen LogP contribution in [0.3, 0.4) is 0 Å². The molecule has 5 nitrogen and oxygen atoms in total. The highest BCUT2D eigenvalue weighted by atomic mass is 35.5. The molecular formula is C20H18ClN3O2. The fourth-order valence-electron chi connectivity index (χ4n) is 3.32. The molecular weight excluding hydrogens is 350 g/mol. The molecule has 0 aliphatic carbocycles. The van der Waals surface area contributed by atoms with Gasteiger partial charge in [0.15, 0.2) is 5.82 Å². The van der Waals surface area contributed by atoms with Crippen molar-refractivity contribution in [1.82, 2.24) is 10.1 Å². The monoisotopic (exact) mass is 367 g/mol. The average Bonchev–Trinajstić information content (AvgIpc) is 3.25. The molecule has 1 amide bonds. The highest BCUT2D eigenvalue weighted by Gasteiger charge is 2.35. The van der Waals surface area contributed by atoms with E-state index in [2.05, 4.69) is 10.1 Å². The van der Waals surface area contributed by atoms with Crippen LogP contribution in [0.2, 0.25) is 5.02 Å². The summed E-state index contributed by atoms with van der Waals surface area (Å²) in [6.07, 6.45) is 0.360. The Morgan fingerprint density at radius 3 is 2.77 bits per heavy atom. The first-order valence-corrected chi connectivity index (χ1v) is 8.87. The van der Waals surface area contributed by atoms with Crippen molar-refractivity contribution >= 4 is 23.2 Å². The summed E-state index contributed by atoms with van der Waals surface area (Å²) < 4.78 is 5.45. The SMILES string of the molecule is Cc1ccccc1-c1nc(C2CC(=O)N(c3cccc(Cl)c3C)C2)no1. The Bertz CT molecular complexity index is 983. The van der Waals surface area contributed by atoms with Crippen LogP contribution in [0.5, 0.6) is 0 Å². The molecule has 1 aliphatic heterocycles. The van der Waals surface area contributed by atoms with Crippen molar-refractivity contribution in [3.05, 3.63) is 64.4 Å². The molecule has 4 rings (SSSR count). The van der Waals surface area contributed by atoms with Crippen LogP contribution in [-0.4, -0.2) is 22.6 Å². The molecule has 1 atom stereocenters. The van der Waals surface area contributed by atoms with Crippen LogP contribution in [0, 0.1) is 13.8 Å². The third kappa shape index (κ3) is 2.88. The van der Waals surface area contributed by atoms with Crippen LogP contribution >= 0.6 is 11.6 Å². The molecule has 3 aromatic rings. The zero-order valence-electron chi connectivity index (χ0n) is 14.6. The topological polar surface area (TPSA) is 59.2 Å². The van der Waals surface area contributed by atoms with Crippen LogP contribution in [0.25, 0.3) is 11.5 Å². The van der Waals surface area contributed by atoms with Gasteiger partial charge in [-0.25, -0.2) is 0 Å². The molecule has 0 bridgehead atoms. The van der Waals surface area contributed by atoms with Crippen molar-refractivity contribution in [2.75, 3.05) is 11.4 Å². The van der Waals surface area contributed by atoms with Crippen LogP contribution in [0.15, 0.2) is 47.0 Å². The van der Waals surface area contributed by atoms with Gasteiger partial charge < -0.3 is 9.42 Å². The largest absolute Gasteiger partial charge is 0.334 e. The molecule has 26 heavy (non-hydrogen) atoms. The van der Waals surface area contributed by atoms with Crippen molar-refractivity contribution < 1.29 is 9.32 Å². The van der Waals surface area contributed by atoms with Crippen LogP contribution in [-0.2, 0) is 4.79 Å². The van der Waals surface area contributed by atoms with E-state index in [4.69, 9.17) is 16.1 Å². The van der Waals surface area contributed by atoms with E-state index >= 15 is 0 Å². The number of nitrogens with zero attached hydrogens (tertiary/aromatic N) is 3. The number of aromatic nitrogens is 2. The fraction of sp³-hybridized carbons (Fsp3) is 0.250. The van der Waals surface area contributed by atoms with Crippen LogP contribution in [0.1, 0.15) is 29.3 Å². The van der Waals surface area contributed by atoms with Crippen molar-refractivity contribution in [2.24, 2.45) is 0 Å². The number of amides is 1. The van der Waals surface area contributed by atoms with Crippen LogP contribution < -0.4 is 4.90 Å². The zero-order valence-corrected chi connectivity index (χ0v) is 15.3. The molecule has 0 radical (unpaired) electrons. The second kappa shape index (κ2) is 6.57. The molecule has 0 saturated carbocycles. The maximum atomic E-state index is 12.5. The summed E-state index contributed by atoms with van der Waals surface area (Å²) in [5.41, 5.74) is 3.73. The molecule has 1 unspecified atom stereocenters. The van der Waals surface area contributed by atoms with Gasteiger partial charge in [-0.15, -0.1) is 0 Å². The standard InChI is InChI=1S/C20H18ClN3O2/c1-12-6-3-4-7-15(12)20-22-19(23-26-20)14-10-18(25)24(11-14)17-9-5-8-16(21)13(17)2/h3-9,14H,10-11H2,1-2H3. The lowest BCUT2D eigenvalue weighted by molar-refractivity contribution is -0.117. The van der Waals surface area contributed by atoms with E-state index in [9.17, 15) is 4.79 Å². The predicted molar refractivity (Wildman–Crippen MR) is 100 cm³/mol. The Labute approximate surface area is 156 Å². The summed E-state index contributed by atoms with van der Waals surface area (Å²) in [5.74, 6) is 1.01. The lowest BCUT2D eigenvalue weighted by Crippen LogP contribution is -2.25. The van der Waals surface area contributed by atoms with E-state index < -0.39 is 0 Å². The molecule has 2 heterocycles. The van der Waals surface area contributed by atoms with Gasteiger partial charge in [-0.3, -0.25) is 4.79 Å². The van der Waals surface area contributed by atoms with Crippen molar-refractivity contribution in [3.63, 3.8) is 0 Å². The van der Waals surface area contributed by atoms with Crippen molar-refractivity contribution in [2.45, 2.75) is 26.2 Å². The number of carbonyl (C=O) groups is 1. The molecule has 2 aromatic carbocycles. The Kier molecular flexibility index (Phi) is 4.24. The van der Waals surface area contributed by atoms with Gasteiger partial charge in [0.1, 0.15) is 0 Å². The quantitative estimate of drug-likeness (QED) is 0.682. The predicted octanol–water partition coefficient (Wildman–Crippen LogP) is 4.53. The van der Waals surface area contributed by atoms with Gasteiger partial charge in [0, 0.05) is 35.2 Å². The second-order valence-corrected chi connectivity index (χ2v) is 6.97. The number of carbonyl (C=O) groups excluding carboxylic acids is 1. The number of hydrogen-bond donors (Lipinski definition) is 0. The molecule has 6 heteroatoms. The first kappa shape index (κ1) is 16.8. The number of halogens is 1. The third-order valence-corrected chi connectivity index (χ3v) is 5.25. The number of hydrogen-bond acceptors (Lipinski definition) is 4. The molecule has 0 N–H and O–H groups in total.